The largest absolute Gasteiger partial charge is 0.313 e. The summed E-state index contributed by atoms with van der Waals surface area (Å²) in [6, 6.07) is 17.8. The van der Waals surface area contributed by atoms with Crippen LogP contribution in [0.25, 0.3) is 10.9 Å². The molecule has 0 radical (unpaired) electrons. The van der Waals surface area contributed by atoms with E-state index in [1.54, 1.807) is 4.57 Å². The van der Waals surface area contributed by atoms with E-state index in [1.807, 2.05) is 49.4 Å². The number of hydrogen-bond donors (Lipinski definition) is 1. The van der Waals surface area contributed by atoms with Crippen molar-refractivity contribution in [1.82, 2.24) is 14.9 Å². The molecular formula is C19H21N3O. The van der Waals surface area contributed by atoms with Crippen LogP contribution >= 0.6 is 0 Å². The molecule has 0 fully saturated rings. The van der Waals surface area contributed by atoms with Crippen molar-refractivity contribution in [3.63, 3.8) is 0 Å². The van der Waals surface area contributed by atoms with Crippen LogP contribution in [-0.4, -0.2) is 16.1 Å². The number of hydrogen-bond acceptors (Lipinski definition) is 3. The van der Waals surface area contributed by atoms with E-state index in [9.17, 15) is 4.79 Å². The maximum absolute atomic E-state index is 12.5. The summed E-state index contributed by atoms with van der Waals surface area (Å²) in [7, 11) is 0. The second kappa shape index (κ2) is 7.20. The number of benzene rings is 2. The van der Waals surface area contributed by atoms with Gasteiger partial charge in [0.1, 0.15) is 5.82 Å². The highest BCUT2D eigenvalue weighted by Crippen LogP contribution is 2.07. The molecule has 23 heavy (non-hydrogen) atoms. The van der Waals surface area contributed by atoms with Crippen LogP contribution in [0.4, 0.5) is 0 Å². The molecule has 0 saturated heterocycles. The average molecular weight is 307 g/mol. The fourth-order valence-electron chi connectivity index (χ4n) is 2.73. The first-order valence-electron chi connectivity index (χ1n) is 7.96. The van der Waals surface area contributed by atoms with Crippen molar-refractivity contribution in [3.05, 3.63) is 76.3 Å². The molecule has 3 rings (SSSR count). The minimum absolute atomic E-state index is 0.0520. The highest BCUT2D eigenvalue weighted by atomic mass is 16.1. The number of nitrogens with one attached hydrogen (secondary N) is 1. The lowest BCUT2D eigenvalue weighted by atomic mass is 10.2. The van der Waals surface area contributed by atoms with Gasteiger partial charge in [-0.1, -0.05) is 42.5 Å². The Kier molecular flexibility index (Phi) is 4.83. The zero-order valence-corrected chi connectivity index (χ0v) is 13.3. The first-order valence-corrected chi connectivity index (χ1v) is 7.96. The van der Waals surface area contributed by atoms with Gasteiger partial charge in [0.25, 0.3) is 5.56 Å². The third-order valence-electron chi connectivity index (χ3n) is 3.96. The molecule has 1 N–H and O–H groups in total. The molecule has 0 aliphatic carbocycles. The molecule has 0 saturated carbocycles. The van der Waals surface area contributed by atoms with Gasteiger partial charge in [0, 0.05) is 13.1 Å². The highest BCUT2D eigenvalue weighted by Gasteiger charge is 2.06. The third-order valence-corrected chi connectivity index (χ3v) is 3.96. The fraction of sp³-hybridized carbons (Fsp3) is 0.263. The van der Waals surface area contributed by atoms with Gasteiger partial charge in [-0.3, -0.25) is 9.36 Å². The molecule has 4 nitrogen and oxygen atoms in total. The van der Waals surface area contributed by atoms with Crippen LogP contribution in [0.15, 0.2) is 59.4 Å². The lowest BCUT2D eigenvalue weighted by molar-refractivity contribution is 0.557. The third kappa shape index (κ3) is 3.66. The summed E-state index contributed by atoms with van der Waals surface area (Å²) < 4.78 is 1.77. The number of nitrogens with zero attached hydrogens (tertiary/aromatic N) is 2. The summed E-state index contributed by atoms with van der Waals surface area (Å²) in [6.45, 7) is 4.30. The monoisotopic (exact) mass is 307 g/mol. The smallest absolute Gasteiger partial charge is 0.261 e. The van der Waals surface area contributed by atoms with Gasteiger partial charge < -0.3 is 5.32 Å². The normalized spacial score (nSPS) is 11.0. The molecule has 0 spiro atoms. The Morgan fingerprint density at radius 3 is 2.61 bits per heavy atom. The molecule has 0 amide bonds. The van der Waals surface area contributed by atoms with E-state index < -0.39 is 0 Å². The quantitative estimate of drug-likeness (QED) is 0.712. The topological polar surface area (TPSA) is 46.9 Å². The minimum Gasteiger partial charge on any atom is -0.313 e. The lowest BCUT2D eigenvalue weighted by Gasteiger charge is -2.11. The van der Waals surface area contributed by atoms with Crippen LogP contribution in [0, 0.1) is 6.92 Å². The molecular weight excluding hydrogens is 286 g/mol. The Morgan fingerprint density at radius 2 is 1.78 bits per heavy atom. The first kappa shape index (κ1) is 15.4. The molecule has 0 unspecified atom stereocenters. The number of rotatable bonds is 6. The molecule has 1 aromatic heterocycles. The van der Waals surface area contributed by atoms with Crippen molar-refractivity contribution in [1.29, 1.82) is 0 Å². The predicted octanol–water partition coefficient (Wildman–Crippen LogP) is 2.88. The number of aryl methyl sites for hydroxylation is 1. The van der Waals surface area contributed by atoms with Crippen LogP contribution in [-0.2, 0) is 13.1 Å². The summed E-state index contributed by atoms with van der Waals surface area (Å²) in [6.07, 6.45) is 0.896. The van der Waals surface area contributed by atoms with Crippen molar-refractivity contribution < 1.29 is 0 Å². The first-order chi connectivity index (χ1) is 11.3. The van der Waals surface area contributed by atoms with Crippen LogP contribution in [0.3, 0.4) is 0 Å². The summed E-state index contributed by atoms with van der Waals surface area (Å²) in [5.74, 6) is 0.775. The van der Waals surface area contributed by atoms with Gasteiger partial charge in [0.2, 0.25) is 0 Å². The van der Waals surface area contributed by atoms with E-state index in [0.29, 0.717) is 11.9 Å². The Morgan fingerprint density at radius 1 is 1.04 bits per heavy atom. The second-order valence-corrected chi connectivity index (χ2v) is 5.65. The van der Waals surface area contributed by atoms with E-state index in [4.69, 9.17) is 0 Å². The van der Waals surface area contributed by atoms with E-state index in [0.717, 1.165) is 30.9 Å². The van der Waals surface area contributed by atoms with Gasteiger partial charge in [-0.2, -0.15) is 0 Å². The van der Waals surface area contributed by atoms with Crippen molar-refractivity contribution in [3.8, 4) is 0 Å². The molecule has 4 heteroatoms. The molecule has 118 valence electrons. The summed E-state index contributed by atoms with van der Waals surface area (Å²) in [5, 5.41) is 4.10. The summed E-state index contributed by atoms with van der Waals surface area (Å²) >= 11 is 0. The van der Waals surface area contributed by atoms with E-state index in [-0.39, 0.29) is 5.56 Å². The second-order valence-electron chi connectivity index (χ2n) is 5.65. The molecule has 0 bridgehead atoms. The van der Waals surface area contributed by atoms with Crippen LogP contribution in [0.2, 0.25) is 0 Å². The number of fused-ring (bicyclic) bond motifs is 1. The molecule has 0 aliphatic rings. The fourth-order valence-corrected chi connectivity index (χ4v) is 2.73. The van der Waals surface area contributed by atoms with Crippen LogP contribution in [0.1, 0.15) is 17.8 Å². The van der Waals surface area contributed by atoms with Gasteiger partial charge in [-0.25, -0.2) is 4.98 Å². The van der Waals surface area contributed by atoms with Crippen molar-refractivity contribution in [2.24, 2.45) is 0 Å². The van der Waals surface area contributed by atoms with Crippen molar-refractivity contribution in [2.45, 2.75) is 26.4 Å². The lowest BCUT2D eigenvalue weighted by Crippen LogP contribution is -2.26. The van der Waals surface area contributed by atoms with Gasteiger partial charge >= 0.3 is 0 Å². The maximum atomic E-state index is 12.5. The van der Waals surface area contributed by atoms with Crippen molar-refractivity contribution >= 4 is 10.9 Å². The van der Waals surface area contributed by atoms with Crippen LogP contribution < -0.4 is 10.9 Å². The Balaban J connectivity index is 1.60. The summed E-state index contributed by atoms with van der Waals surface area (Å²) in [4.78, 5) is 17.1. The minimum atomic E-state index is 0.0520. The van der Waals surface area contributed by atoms with Crippen LogP contribution in [0.5, 0.6) is 0 Å². The standard InChI is InChI=1S/C19H21N3O/c1-15-21-18-11-6-5-10-17(18)19(23)22(15)13-7-12-20-14-16-8-3-2-4-9-16/h2-6,8-11,20H,7,12-14H2,1H3. The predicted molar refractivity (Wildman–Crippen MR) is 93.5 cm³/mol. The van der Waals surface area contributed by atoms with E-state index in [2.05, 4.69) is 22.4 Å². The average Bonchev–Trinajstić information content (AvgIpc) is 2.58. The van der Waals surface area contributed by atoms with Gasteiger partial charge in [-0.05, 0) is 37.6 Å². The molecule has 1 heterocycles. The number of para-hydroxylation sites is 1. The molecule has 0 atom stereocenters. The van der Waals surface area contributed by atoms with Crippen molar-refractivity contribution in [2.75, 3.05) is 6.54 Å². The zero-order chi connectivity index (χ0) is 16.1. The zero-order valence-electron chi connectivity index (χ0n) is 13.3. The van der Waals surface area contributed by atoms with Gasteiger partial charge in [0.15, 0.2) is 0 Å². The van der Waals surface area contributed by atoms with E-state index >= 15 is 0 Å². The maximum Gasteiger partial charge on any atom is 0.261 e. The molecule has 0 aliphatic heterocycles. The highest BCUT2D eigenvalue weighted by molar-refractivity contribution is 5.77. The Hall–Kier alpha value is -2.46. The van der Waals surface area contributed by atoms with E-state index in [1.165, 1.54) is 5.56 Å². The Bertz CT molecular complexity index is 840. The molecule has 3 aromatic rings. The van der Waals surface area contributed by atoms with Gasteiger partial charge in [0.05, 0.1) is 10.9 Å². The Labute approximate surface area is 135 Å². The van der Waals surface area contributed by atoms with Gasteiger partial charge in [-0.15, -0.1) is 0 Å². The SMILES string of the molecule is Cc1nc2ccccc2c(=O)n1CCCNCc1ccccc1. The number of aromatic nitrogens is 2. The molecule has 2 aromatic carbocycles. The summed E-state index contributed by atoms with van der Waals surface area (Å²) in [5.41, 5.74) is 2.10.